The van der Waals surface area contributed by atoms with E-state index in [1.54, 1.807) is 24.3 Å². The number of thiol groups is 1. The van der Waals surface area contributed by atoms with Crippen LogP contribution in [0.2, 0.25) is 10.0 Å². The second kappa shape index (κ2) is 5.65. The van der Waals surface area contributed by atoms with Gasteiger partial charge in [-0.2, -0.15) is 0 Å². The van der Waals surface area contributed by atoms with Crippen LogP contribution in [0.25, 0.3) is 0 Å². The molecule has 5 heteroatoms. The van der Waals surface area contributed by atoms with E-state index in [4.69, 9.17) is 23.2 Å². The smallest absolute Gasteiger partial charge is 0.255 e. The Kier molecular flexibility index (Phi) is 4.17. The molecule has 0 spiro atoms. The monoisotopic (exact) mass is 297 g/mol. The molecule has 0 aliphatic carbocycles. The van der Waals surface area contributed by atoms with Gasteiger partial charge < -0.3 is 5.32 Å². The average molecular weight is 298 g/mol. The van der Waals surface area contributed by atoms with E-state index in [-0.39, 0.29) is 5.91 Å². The predicted molar refractivity (Wildman–Crippen MR) is 78.1 cm³/mol. The molecule has 0 aliphatic heterocycles. The summed E-state index contributed by atoms with van der Waals surface area (Å²) in [6, 6.07) is 12.0. The highest BCUT2D eigenvalue weighted by atomic mass is 35.5. The maximum atomic E-state index is 12.0. The van der Waals surface area contributed by atoms with Crippen molar-refractivity contribution in [2.45, 2.75) is 4.90 Å². The molecule has 0 saturated carbocycles. The molecule has 1 amide bonds. The SMILES string of the molecule is O=C(Nc1ccccc1S)c1ccc(Cl)c(Cl)c1. The van der Waals surface area contributed by atoms with Gasteiger partial charge in [0.2, 0.25) is 0 Å². The molecule has 0 heterocycles. The Balaban J connectivity index is 2.22. The molecule has 0 aliphatic rings. The summed E-state index contributed by atoms with van der Waals surface area (Å²) in [7, 11) is 0. The van der Waals surface area contributed by atoms with E-state index >= 15 is 0 Å². The van der Waals surface area contributed by atoms with E-state index in [1.807, 2.05) is 12.1 Å². The highest BCUT2D eigenvalue weighted by Crippen LogP contribution is 2.24. The van der Waals surface area contributed by atoms with E-state index in [1.165, 1.54) is 6.07 Å². The summed E-state index contributed by atoms with van der Waals surface area (Å²) in [4.78, 5) is 12.7. The molecule has 2 aromatic rings. The lowest BCUT2D eigenvalue weighted by atomic mass is 10.2. The summed E-state index contributed by atoms with van der Waals surface area (Å²) in [5, 5.41) is 3.53. The lowest BCUT2D eigenvalue weighted by Crippen LogP contribution is -2.12. The molecule has 2 nitrogen and oxygen atoms in total. The third-order valence-electron chi connectivity index (χ3n) is 2.33. The van der Waals surface area contributed by atoms with Crippen LogP contribution in [0.4, 0.5) is 5.69 Å². The van der Waals surface area contributed by atoms with Crippen molar-refractivity contribution in [3.8, 4) is 0 Å². The van der Waals surface area contributed by atoms with E-state index < -0.39 is 0 Å². The fraction of sp³-hybridized carbons (Fsp3) is 0. The van der Waals surface area contributed by atoms with Crippen LogP contribution in [0.3, 0.4) is 0 Å². The second-order valence-electron chi connectivity index (χ2n) is 3.60. The number of nitrogens with one attached hydrogen (secondary N) is 1. The molecule has 0 radical (unpaired) electrons. The molecule has 0 aromatic heterocycles. The Morgan fingerprint density at radius 1 is 1.06 bits per heavy atom. The summed E-state index contributed by atoms with van der Waals surface area (Å²) < 4.78 is 0. The van der Waals surface area contributed by atoms with Crippen LogP contribution >= 0.6 is 35.8 Å². The lowest BCUT2D eigenvalue weighted by Gasteiger charge is -2.08. The molecule has 0 unspecified atom stereocenters. The van der Waals surface area contributed by atoms with Gasteiger partial charge in [0.05, 0.1) is 15.7 Å². The number of carbonyl (C=O) groups is 1. The standard InChI is InChI=1S/C13H9Cl2NOS/c14-9-6-5-8(7-10(9)15)13(17)16-11-3-1-2-4-12(11)18/h1-7,18H,(H,16,17). The molecule has 0 fully saturated rings. The Hall–Kier alpha value is -1.16. The van der Waals surface area contributed by atoms with Gasteiger partial charge in [0.25, 0.3) is 5.91 Å². The first-order chi connectivity index (χ1) is 8.58. The first kappa shape index (κ1) is 13.3. The number of halogens is 2. The number of benzene rings is 2. The Morgan fingerprint density at radius 3 is 2.44 bits per heavy atom. The summed E-state index contributed by atoms with van der Waals surface area (Å²) >= 11 is 15.9. The molecular formula is C13H9Cl2NOS. The van der Waals surface area contributed by atoms with Gasteiger partial charge in [0, 0.05) is 10.5 Å². The minimum atomic E-state index is -0.255. The molecule has 1 N–H and O–H groups in total. The first-order valence-electron chi connectivity index (χ1n) is 5.12. The van der Waals surface area contributed by atoms with Gasteiger partial charge in [-0.15, -0.1) is 12.6 Å². The molecule has 0 atom stereocenters. The van der Waals surface area contributed by atoms with Crippen LogP contribution in [0.15, 0.2) is 47.4 Å². The van der Waals surface area contributed by atoms with Gasteiger partial charge in [-0.05, 0) is 30.3 Å². The minimum absolute atomic E-state index is 0.255. The molecule has 0 saturated heterocycles. The largest absolute Gasteiger partial charge is 0.321 e. The lowest BCUT2D eigenvalue weighted by molar-refractivity contribution is 0.102. The van der Waals surface area contributed by atoms with Gasteiger partial charge in [0.1, 0.15) is 0 Å². The van der Waals surface area contributed by atoms with Crippen molar-refractivity contribution in [1.82, 2.24) is 0 Å². The van der Waals surface area contributed by atoms with Crippen molar-refractivity contribution in [3.05, 3.63) is 58.1 Å². The highest BCUT2D eigenvalue weighted by Gasteiger charge is 2.09. The third-order valence-corrected chi connectivity index (χ3v) is 3.46. The molecule has 0 bridgehead atoms. The van der Waals surface area contributed by atoms with Gasteiger partial charge in [0.15, 0.2) is 0 Å². The first-order valence-corrected chi connectivity index (χ1v) is 6.32. The van der Waals surface area contributed by atoms with Crippen molar-refractivity contribution in [3.63, 3.8) is 0 Å². The number of hydrogen-bond acceptors (Lipinski definition) is 2. The Labute approximate surface area is 120 Å². The summed E-state index contributed by atoms with van der Waals surface area (Å²) in [6.45, 7) is 0. The van der Waals surface area contributed by atoms with Gasteiger partial charge >= 0.3 is 0 Å². The fourth-order valence-corrected chi connectivity index (χ4v) is 1.93. The fourth-order valence-electron chi connectivity index (χ4n) is 1.41. The van der Waals surface area contributed by atoms with Crippen molar-refractivity contribution in [2.75, 3.05) is 5.32 Å². The summed E-state index contributed by atoms with van der Waals surface area (Å²) in [6.07, 6.45) is 0. The normalized spacial score (nSPS) is 10.2. The quantitative estimate of drug-likeness (QED) is 0.783. The minimum Gasteiger partial charge on any atom is -0.321 e. The molecule has 18 heavy (non-hydrogen) atoms. The summed E-state index contributed by atoms with van der Waals surface area (Å²) in [5.41, 5.74) is 1.10. The molecule has 92 valence electrons. The van der Waals surface area contributed by atoms with Crippen LogP contribution in [-0.4, -0.2) is 5.91 Å². The van der Waals surface area contributed by atoms with E-state index in [0.717, 1.165) is 0 Å². The zero-order chi connectivity index (χ0) is 13.1. The number of anilines is 1. The Bertz CT molecular complexity index is 601. The third kappa shape index (κ3) is 2.99. The zero-order valence-corrected chi connectivity index (χ0v) is 11.6. The van der Waals surface area contributed by atoms with Crippen LogP contribution in [-0.2, 0) is 0 Å². The zero-order valence-electron chi connectivity index (χ0n) is 9.15. The van der Waals surface area contributed by atoms with Gasteiger partial charge in [-0.1, -0.05) is 35.3 Å². The topological polar surface area (TPSA) is 29.1 Å². The van der Waals surface area contributed by atoms with Crippen LogP contribution in [0.1, 0.15) is 10.4 Å². The number of amides is 1. The van der Waals surface area contributed by atoms with Crippen molar-refractivity contribution in [2.24, 2.45) is 0 Å². The van der Waals surface area contributed by atoms with E-state index in [9.17, 15) is 4.79 Å². The maximum Gasteiger partial charge on any atom is 0.255 e. The van der Waals surface area contributed by atoms with Crippen molar-refractivity contribution >= 4 is 47.4 Å². The van der Waals surface area contributed by atoms with Gasteiger partial charge in [-0.3, -0.25) is 4.79 Å². The van der Waals surface area contributed by atoms with Crippen molar-refractivity contribution in [1.29, 1.82) is 0 Å². The van der Waals surface area contributed by atoms with E-state index in [2.05, 4.69) is 17.9 Å². The Morgan fingerprint density at radius 2 is 1.78 bits per heavy atom. The average Bonchev–Trinajstić information content (AvgIpc) is 2.35. The summed E-state index contributed by atoms with van der Waals surface area (Å²) in [5.74, 6) is -0.255. The number of carbonyl (C=O) groups excluding carboxylic acids is 1. The van der Waals surface area contributed by atoms with Crippen molar-refractivity contribution < 1.29 is 4.79 Å². The van der Waals surface area contributed by atoms with E-state index in [0.29, 0.717) is 26.2 Å². The molecule has 2 rings (SSSR count). The number of para-hydroxylation sites is 1. The molecule has 2 aromatic carbocycles. The molecular weight excluding hydrogens is 289 g/mol. The van der Waals surface area contributed by atoms with Crippen LogP contribution in [0, 0.1) is 0 Å². The van der Waals surface area contributed by atoms with Crippen LogP contribution < -0.4 is 5.32 Å². The second-order valence-corrected chi connectivity index (χ2v) is 4.90. The maximum absolute atomic E-state index is 12.0. The van der Waals surface area contributed by atoms with Crippen LogP contribution in [0.5, 0.6) is 0 Å². The van der Waals surface area contributed by atoms with Gasteiger partial charge in [-0.25, -0.2) is 0 Å². The predicted octanol–water partition coefficient (Wildman–Crippen LogP) is 4.53. The number of rotatable bonds is 2. The number of hydrogen-bond donors (Lipinski definition) is 2. The highest BCUT2D eigenvalue weighted by molar-refractivity contribution is 7.80.